The van der Waals surface area contributed by atoms with Gasteiger partial charge in [-0.05, 0) is 47.6 Å². The number of aryl methyl sites for hydroxylation is 1. The summed E-state index contributed by atoms with van der Waals surface area (Å²) in [7, 11) is 0. The van der Waals surface area contributed by atoms with Gasteiger partial charge in [0.25, 0.3) is 0 Å². The fourth-order valence-electron chi connectivity index (χ4n) is 3.12. The molecule has 2 aromatic rings. The molecule has 0 heterocycles. The average molecular weight is 210 g/mol. The van der Waals surface area contributed by atoms with Gasteiger partial charge in [0.2, 0.25) is 0 Å². The Bertz CT molecular complexity index is 504. The molecule has 3 rings (SSSR count). The van der Waals surface area contributed by atoms with E-state index in [1.165, 1.54) is 42.0 Å². The minimum Gasteiger partial charge on any atom is -0.0616 e. The summed E-state index contributed by atoms with van der Waals surface area (Å²) in [6, 6.07) is 13.4. The first kappa shape index (κ1) is 9.89. The molecule has 0 nitrogen and oxygen atoms in total. The van der Waals surface area contributed by atoms with Crippen LogP contribution in [0.4, 0.5) is 0 Å². The molecule has 0 unspecified atom stereocenters. The van der Waals surface area contributed by atoms with Gasteiger partial charge >= 0.3 is 0 Å². The molecule has 82 valence electrons. The molecule has 1 fully saturated rings. The minimum absolute atomic E-state index is 0.824. The highest BCUT2D eigenvalue weighted by atomic mass is 14.2. The monoisotopic (exact) mass is 210 g/mol. The predicted molar refractivity (Wildman–Crippen MR) is 69.9 cm³/mol. The topological polar surface area (TPSA) is 0 Å². The summed E-state index contributed by atoms with van der Waals surface area (Å²) in [5.41, 5.74) is 3.10. The summed E-state index contributed by atoms with van der Waals surface area (Å²) >= 11 is 0. The fraction of sp³-hybridized carbons (Fsp3) is 0.375. The van der Waals surface area contributed by atoms with Gasteiger partial charge in [0.15, 0.2) is 0 Å². The van der Waals surface area contributed by atoms with Crippen LogP contribution in [0.2, 0.25) is 0 Å². The van der Waals surface area contributed by atoms with E-state index in [2.05, 4.69) is 43.3 Å². The highest BCUT2D eigenvalue weighted by molar-refractivity contribution is 5.86. The van der Waals surface area contributed by atoms with Crippen LogP contribution >= 0.6 is 0 Å². The molecule has 0 radical (unpaired) electrons. The quantitative estimate of drug-likeness (QED) is 0.634. The van der Waals surface area contributed by atoms with Crippen molar-refractivity contribution in [2.24, 2.45) is 0 Å². The van der Waals surface area contributed by atoms with Gasteiger partial charge in [-0.15, -0.1) is 0 Å². The van der Waals surface area contributed by atoms with Crippen molar-refractivity contribution < 1.29 is 0 Å². The largest absolute Gasteiger partial charge is 0.0616 e. The van der Waals surface area contributed by atoms with Crippen molar-refractivity contribution in [1.29, 1.82) is 0 Å². The van der Waals surface area contributed by atoms with E-state index in [0.29, 0.717) is 0 Å². The van der Waals surface area contributed by atoms with E-state index >= 15 is 0 Å². The second kappa shape index (κ2) is 3.93. The number of rotatable bonds is 1. The molecule has 0 spiro atoms. The first-order chi connectivity index (χ1) is 7.86. The molecule has 2 aromatic carbocycles. The normalized spacial score (nSPS) is 17.1. The Morgan fingerprint density at radius 2 is 1.69 bits per heavy atom. The van der Waals surface area contributed by atoms with Crippen molar-refractivity contribution >= 4 is 10.8 Å². The van der Waals surface area contributed by atoms with E-state index in [-0.39, 0.29) is 0 Å². The summed E-state index contributed by atoms with van der Waals surface area (Å²) in [4.78, 5) is 0. The fourth-order valence-corrected chi connectivity index (χ4v) is 3.12. The van der Waals surface area contributed by atoms with Crippen LogP contribution in [0.1, 0.15) is 42.7 Å². The second-order valence-electron chi connectivity index (χ2n) is 4.98. The molecule has 1 aliphatic rings. The molecule has 0 bridgehead atoms. The molecule has 1 aliphatic carbocycles. The number of benzene rings is 2. The molecule has 0 aromatic heterocycles. The summed E-state index contributed by atoms with van der Waals surface area (Å²) in [6.07, 6.45) is 5.60. The van der Waals surface area contributed by atoms with E-state index in [1.54, 1.807) is 5.56 Å². The van der Waals surface area contributed by atoms with Crippen LogP contribution in [0.25, 0.3) is 10.8 Å². The lowest BCUT2D eigenvalue weighted by molar-refractivity contribution is 0.719. The van der Waals surface area contributed by atoms with E-state index in [0.717, 1.165) is 5.92 Å². The van der Waals surface area contributed by atoms with Crippen LogP contribution in [0.3, 0.4) is 0 Å². The van der Waals surface area contributed by atoms with Crippen LogP contribution < -0.4 is 0 Å². The lowest BCUT2D eigenvalue weighted by Crippen LogP contribution is -1.96. The van der Waals surface area contributed by atoms with Crippen LogP contribution in [0.15, 0.2) is 36.4 Å². The molecule has 0 amide bonds. The summed E-state index contributed by atoms with van der Waals surface area (Å²) in [5.74, 6) is 0.824. The molecule has 1 saturated carbocycles. The van der Waals surface area contributed by atoms with E-state index in [1.807, 2.05) is 0 Å². The zero-order chi connectivity index (χ0) is 11.0. The van der Waals surface area contributed by atoms with Gasteiger partial charge in [0, 0.05) is 0 Å². The van der Waals surface area contributed by atoms with Gasteiger partial charge in [0.05, 0.1) is 0 Å². The van der Waals surface area contributed by atoms with E-state index in [4.69, 9.17) is 0 Å². The minimum atomic E-state index is 0.824. The standard InChI is InChI=1S/C16H18/c1-12-15-9-5-4-8-14(15)10-11-16(12)13-6-2-3-7-13/h4-5,8-11,13H,2-3,6-7H2,1H3. The summed E-state index contributed by atoms with van der Waals surface area (Å²) in [5, 5.41) is 2.81. The van der Waals surface area contributed by atoms with Crippen molar-refractivity contribution in [3.05, 3.63) is 47.5 Å². The predicted octanol–water partition coefficient (Wildman–Crippen LogP) is 4.81. The third kappa shape index (κ3) is 1.53. The zero-order valence-electron chi connectivity index (χ0n) is 9.87. The molecule has 0 atom stereocenters. The Balaban J connectivity index is 2.15. The maximum absolute atomic E-state index is 2.35. The Kier molecular flexibility index (Phi) is 2.43. The SMILES string of the molecule is Cc1c(C2CCCC2)ccc2ccccc12. The molecule has 0 saturated heterocycles. The molecule has 0 aliphatic heterocycles. The third-order valence-electron chi connectivity index (χ3n) is 4.04. The van der Waals surface area contributed by atoms with E-state index < -0.39 is 0 Å². The maximum atomic E-state index is 2.35. The van der Waals surface area contributed by atoms with Crippen LogP contribution in [-0.2, 0) is 0 Å². The number of hydrogen-bond acceptors (Lipinski definition) is 0. The summed E-state index contributed by atoms with van der Waals surface area (Å²) in [6.45, 7) is 2.29. The molecular formula is C16H18. The van der Waals surface area contributed by atoms with Crippen molar-refractivity contribution in [1.82, 2.24) is 0 Å². The lowest BCUT2D eigenvalue weighted by Gasteiger charge is -2.15. The molecular weight excluding hydrogens is 192 g/mol. The Labute approximate surface area is 97.3 Å². The van der Waals surface area contributed by atoms with Gasteiger partial charge < -0.3 is 0 Å². The van der Waals surface area contributed by atoms with Gasteiger partial charge in [-0.25, -0.2) is 0 Å². The van der Waals surface area contributed by atoms with Gasteiger partial charge in [-0.1, -0.05) is 49.2 Å². The van der Waals surface area contributed by atoms with Crippen molar-refractivity contribution in [2.45, 2.75) is 38.5 Å². The Morgan fingerprint density at radius 3 is 2.50 bits per heavy atom. The lowest BCUT2D eigenvalue weighted by atomic mass is 9.90. The first-order valence-corrected chi connectivity index (χ1v) is 6.34. The Hall–Kier alpha value is -1.30. The highest BCUT2D eigenvalue weighted by Gasteiger charge is 2.19. The van der Waals surface area contributed by atoms with Crippen LogP contribution in [-0.4, -0.2) is 0 Å². The van der Waals surface area contributed by atoms with Crippen molar-refractivity contribution in [2.75, 3.05) is 0 Å². The van der Waals surface area contributed by atoms with Gasteiger partial charge in [0.1, 0.15) is 0 Å². The van der Waals surface area contributed by atoms with Gasteiger partial charge in [-0.3, -0.25) is 0 Å². The smallest absolute Gasteiger partial charge is 0.0152 e. The van der Waals surface area contributed by atoms with Crippen LogP contribution in [0.5, 0.6) is 0 Å². The third-order valence-corrected chi connectivity index (χ3v) is 4.04. The molecule has 0 N–H and O–H groups in total. The maximum Gasteiger partial charge on any atom is -0.0152 e. The number of fused-ring (bicyclic) bond motifs is 1. The first-order valence-electron chi connectivity index (χ1n) is 6.34. The van der Waals surface area contributed by atoms with Crippen LogP contribution in [0, 0.1) is 6.92 Å². The molecule has 16 heavy (non-hydrogen) atoms. The molecule has 0 heteroatoms. The van der Waals surface area contributed by atoms with Crippen molar-refractivity contribution in [3.63, 3.8) is 0 Å². The van der Waals surface area contributed by atoms with Crippen molar-refractivity contribution in [3.8, 4) is 0 Å². The second-order valence-corrected chi connectivity index (χ2v) is 4.98. The zero-order valence-corrected chi connectivity index (χ0v) is 9.87. The van der Waals surface area contributed by atoms with Gasteiger partial charge in [-0.2, -0.15) is 0 Å². The Morgan fingerprint density at radius 1 is 0.938 bits per heavy atom. The summed E-state index contributed by atoms with van der Waals surface area (Å²) < 4.78 is 0. The highest BCUT2D eigenvalue weighted by Crippen LogP contribution is 2.37. The number of hydrogen-bond donors (Lipinski definition) is 0. The van der Waals surface area contributed by atoms with E-state index in [9.17, 15) is 0 Å². The average Bonchev–Trinajstić information content (AvgIpc) is 2.83.